The van der Waals surface area contributed by atoms with Crippen LogP contribution < -0.4 is 21.1 Å². The van der Waals surface area contributed by atoms with Crippen molar-refractivity contribution < 1.29 is 14.3 Å². The molecule has 2 heterocycles. The number of carbonyl (C=O) groups excluding carboxylic acids is 2. The molecule has 9 nitrogen and oxygen atoms in total. The van der Waals surface area contributed by atoms with Crippen molar-refractivity contribution >= 4 is 23.3 Å². The lowest BCUT2D eigenvalue weighted by Gasteiger charge is -2.11. The van der Waals surface area contributed by atoms with E-state index in [9.17, 15) is 9.59 Å². The molecule has 2 aromatic heterocycles. The van der Waals surface area contributed by atoms with Gasteiger partial charge in [-0.3, -0.25) is 9.59 Å². The van der Waals surface area contributed by atoms with Gasteiger partial charge in [-0.05, 0) is 37.2 Å². The summed E-state index contributed by atoms with van der Waals surface area (Å²) in [5.74, 6) is 0.0288. The van der Waals surface area contributed by atoms with E-state index in [0.29, 0.717) is 42.3 Å². The normalized spacial score (nSPS) is 10.6. The molecule has 0 aliphatic carbocycles. The zero-order chi connectivity index (χ0) is 19.2. The van der Waals surface area contributed by atoms with Crippen molar-refractivity contribution in [3.63, 3.8) is 0 Å². The van der Waals surface area contributed by atoms with Crippen LogP contribution in [0.1, 0.15) is 27.1 Å². The topological polar surface area (TPSA) is 124 Å². The van der Waals surface area contributed by atoms with E-state index in [2.05, 4.69) is 20.7 Å². The smallest absolute Gasteiger partial charge is 0.256 e. The molecular weight excluding hydrogens is 348 g/mol. The Morgan fingerprint density at radius 1 is 1.26 bits per heavy atom. The first-order valence-electron chi connectivity index (χ1n) is 8.40. The van der Waals surface area contributed by atoms with Crippen molar-refractivity contribution in [2.24, 2.45) is 5.73 Å². The quantitative estimate of drug-likeness (QED) is 0.536. The van der Waals surface area contributed by atoms with Crippen LogP contribution >= 0.6 is 0 Å². The maximum atomic E-state index is 12.6. The Kier molecular flexibility index (Phi) is 5.62. The number of aromatic nitrogens is 3. The Morgan fingerprint density at radius 3 is 2.85 bits per heavy atom. The maximum Gasteiger partial charge on any atom is 0.256 e. The number of benzene rings is 1. The molecule has 0 unspecified atom stereocenters. The van der Waals surface area contributed by atoms with Gasteiger partial charge in [-0.15, -0.1) is 5.10 Å². The van der Waals surface area contributed by atoms with E-state index in [1.54, 1.807) is 41.2 Å². The highest BCUT2D eigenvalue weighted by Gasteiger charge is 2.16. The Hall–Kier alpha value is -3.46. The van der Waals surface area contributed by atoms with E-state index >= 15 is 0 Å². The molecule has 140 valence electrons. The van der Waals surface area contributed by atoms with Crippen LogP contribution in [0.2, 0.25) is 0 Å². The van der Waals surface area contributed by atoms with Gasteiger partial charge in [0.15, 0.2) is 11.5 Å². The molecule has 0 aliphatic rings. The number of nitrogens with zero attached hydrogens (tertiary/aromatic N) is 3. The average molecular weight is 368 g/mol. The lowest BCUT2D eigenvalue weighted by atomic mass is 10.1. The lowest BCUT2D eigenvalue weighted by Crippen LogP contribution is -2.26. The molecule has 0 saturated heterocycles. The number of hydrogen-bond donors (Lipinski definition) is 3. The Labute approximate surface area is 155 Å². The van der Waals surface area contributed by atoms with Gasteiger partial charge in [0, 0.05) is 30.6 Å². The van der Waals surface area contributed by atoms with E-state index in [0.717, 1.165) is 0 Å². The molecule has 9 heteroatoms. The van der Waals surface area contributed by atoms with Gasteiger partial charge < -0.3 is 21.1 Å². The fourth-order valence-electron chi connectivity index (χ4n) is 2.51. The second-order valence-corrected chi connectivity index (χ2v) is 5.72. The van der Waals surface area contributed by atoms with Crippen LogP contribution in [0.15, 0.2) is 42.7 Å². The van der Waals surface area contributed by atoms with Crippen molar-refractivity contribution in [3.8, 4) is 5.75 Å². The molecule has 1 aromatic carbocycles. The van der Waals surface area contributed by atoms with E-state index in [4.69, 9.17) is 10.5 Å². The number of nitrogens with one attached hydrogen (secondary N) is 2. The highest BCUT2D eigenvalue weighted by molar-refractivity contribution is 6.06. The molecule has 3 rings (SSSR count). The largest absolute Gasteiger partial charge is 0.496 e. The Bertz CT molecular complexity index is 936. The molecule has 0 fully saturated rings. The minimum Gasteiger partial charge on any atom is -0.496 e. The van der Waals surface area contributed by atoms with Gasteiger partial charge in [0.25, 0.3) is 11.8 Å². The molecule has 27 heavy (non-hydrogen) atoms. The van der Waals surface area contributed by atoms with Crippen LogP contribution in [0, 0.1) is 0 Å². The van der Waals surface area contributed by atoms with Gasteiger partial charge in [0.2, 0.25) is 0 Å². The molecule has 2 amide bonds. The summed E-state index contributed by atoms with van der Waals surface area (Å²) in [6.45, 7) is 0.927. The van der Waals surface area contributed by atoms with Gasteiger partial charge >= 0.3 is 0 Å². The molecule has 0 bridgehead atoms. The summed E-state index contributed by atoms with van der Waals surface area (Å²) in [7, 11) is 1.47. The van der Waals surface area contributed by atoms with Gasteiger partial charge in [0.05, 0.1) is 12.7 Å². The van der Waals surface area contributed by atoms with Gasteiger partial charge in [-0.1, -0.05) is 0 Å². The molecule has 4 N–H and O–H groups in total. The molecule has 0 aliphatic heterocycles. The third-order valence-electron chi connectivity index (χ3n) is 3.85. The summed E-state index contributed by atoms with van der Waals surface area (Å²) in [6, 6.07) is 8.04. The first-order valence-corrected chi connectivity index (χ1v) is 8.40. The van der Waals surface area contributed by atoms with Crippen molar-refractivity contribution in [2.45, 2.75) is 6.42 Å². The number of hydrogen-bond acceptors (Lipinski definition) is 6. The first-order chi connectivity index (χ1) is 13.1. The molecule has 0 radical (unpaired) electrons. The zero-order valence-corrected chi connectivity index (χ0v) is 14.8. The monoisotopic (exact) mass is 368 g/mol. The standard InChI is InChI=1S/C18H20N6O3/c1-27-14-5-4-12(10-13(14)18(26)21-7-2-6-19)17(25)22-15-11-16-20-8-3-9-24(16)23-15/h3-5,8-11H,2,6-7,19H2,1H3,(H,21,26)(H,22,23,25). The van der Waals surface area contributed by atoms with Crippen LogP contribution in [0.3, 0.4) is 0 Å². The van der Waals surface area contributed by atoms with Crippen LogP contribution in [0.25, 0.3) is 5.65 Å². The minimum atomic E-state index is -0.392. The summed E-state index contributed by atoms with van der Waals surface area (Å²) < 4.78 is 6.78. The summed E-state index contributed by atoms with van der Waals surface area (Å²) in [4.78, 5) is 29.1. The summed E-state index contributed by atoms with van der Waals surface area (Å²) >= 11 is 0. The van der Waals surface area contributed by atoms with E-state index in [1.807, 2.05) is 0 Å². The average Bonchev–Trinajstić information content (AvgIpc) is 3.09. The maximum absolute atomic E-state index is 12.6. The van der Waals surface area contributed by atoms with Gasteiger partial charge in [-0.25, -0.2) is 9.50 Å². The number of anilines is 1. The Morgan fingerprint density at radius 2 is 2.11 bits per heavy atom. The number of carbonyl (C=O) groups is 2. The van der Waals surface area contributed by atoms with Gasteiger partial charge in [-0.2, -0.15) is 0 Å². The number of methoxy groups -OCH3 is 1. The third-order valence-corrected chi connectivity index (χ3v) is 3.85. The number of amides is 2. The van der Waals surface area contributed by atoms with E-state index in [-0.39, 0.29) is 11.5 Å². The molecular formula is C18H20N6O3. The predicted molar refractivity (Wildman–Crippen MR) is 99.9 cm³/mol. The molecule has 3 aromatic rings. The van der Waals surface area contributed by atoms with Gasteiger partial charge in [0.1, 0.15) is 5.75 Å². The van der Waals surface area contributed by atoms with Crippen molar-refractivity contribution in [1.82, 2.24) is 19.9 Å². The van der Waals surface area contributed by atoms with Crippen LogP contribution in [-0.4, -0.2) is 46.6 Å². The van der Waals surface area contributed by atoms with E-state index in [1.165, 1.54) is 13.2 Å². The minimum absolute atomic E-state index is 0.277. The van der Waals surface area contributed by atoms with Crippen molar-refractivity contribution in [2.75, 3.05) is 25.5 Å². The lowest BCUT2D eigenvalue weighted by molar-refractivity contribution is 0.0950. The van der Waals surface area contributed by atoms with Crippen molar-refractivity contribution in [3.05, 3.63) is 53.9 Å². The number of nitrogens with two attached hydrogens (primary N) is 1. The number of ether oxygens (including phenoxy) is 1. The Balaban J connectivity index is 1.79. The highest BCUT2D eigenvalue weighted by Crippen LogP contribution is 2.21. The summed E-state index contributed by atoms with van der Waals surface area (Å²) in [5, 5.41) is 9.68. The molecule has 0 spiro atoms. The fourth-order valence-corrected chi connectivity index (χ4v) is 2.51. The van der Waals surface area contributed by atoms with E-state index < -0.39 is 5.91 Å². The third kappa shape index (κ3) is 4.21. The first kappa shape index (κ1) is 18.3. The SMILES string of the molecule is COc1ccc(C(=O)Nc2cc3ncccn3n2)cc1C(=O)NCCCN. The number of rotatable bonds is 7. The molecule has 0 saturated carbocycles. The van der Waals surface area contributed by atoms with Crippen LogP contribution in [0.5, 0.6) is 5.75 Å². The fraction of sp³-hybridized carbons (Fsp3) is 0.222. The predicted octanol–water partition coefficient (Wildman–Crippen LogP) is 1.07. The highest BCUT2D eigenvalue weighted by atomic mass is 16.5. The number of fused-ring (bicyclic) bond motifs is 1. The second-order valence-electron chi connectivity index (χ2n) is 5.72. The van der Waals surface area contributed by atoms with Crippen molar-refractivity contribution in [1.29, 1.82) is 0 Å². The summed E-state index contributed by atoms with van der Waals surface area (Å²) in [5.41, 5.74) is 6.63. The zero-order valence-electron chi connectivity index (χ0n) is 14.8. The van der Waals surface area contributed by atoms with Crippen LogP contribution in [-0.2, 0) is 0 Å². The molecule has 0 atom stereocenters. The second kappa shape index (κ2) is 8.28. The summed E-state index contributed by atoms with van der Waals surface area (Å²) in [6.07, 6.45) is 4.03. The van der Waals surface area contributed by atoms with Crippen LogP contribution in [0.4, 0.5) is 5.82 Å².